The highest BCUT2D eigenvalue weighted by Gasteiger charge is 2.52. The molecule has 0 radical (unpaired) electrons. The van der Waals surface area contributed by atoms with Crippen LogP contribution in [0.5, 0.6) is 0 Å². The highest BCUT2D eigenvalue weighted by molar-refractivity contribution is 6.74. The molecule has 0 aromatic heterocycles. The predicted molar refractivity (Wildman–Crippen MR) is 97.8 cm³/mol. The number of rotatable bonds is 2. The summed E-state index contributed by atoms with van der Waals surface area (Å²) in [5.41, 5.74) is 3.19. The van der Waals surface area contributed by atoms with Gasteiger partial charge in [-0.15, -0.1) is 0 Å². The van der Waals surface area contributed by atoms with E-state index in [1.54, 1.807) is 0 Å². The minimum atomic E-state index is -1.91. The van der Waals surface area contributed by atoms with Gasteiger partial charge in [-0.3, -0.25) is 0 Å². The van der Waals surface area contributed by atoms with Gasteiger partial charge < -0.3 is 9.53 Å². The van der Waals surface area contributed by atoms with Gasteiger partial charge in [0, 0.05) is 5.92 Å². The van der Waals surface area contributed by atoms with Crippen LogP contribution >= 0.6 is 0 Å². The van der Waals surface area contributed by atoms with Crippen molar-refractivity contribution >= 4 is 8.32 Å². The molecule has 3 rings (SSSR count). The molecule has 0 spiro atoms. The zero-order valence-electron chi connectivity index (χ0n) is 15.1. The Kier molecular flexibility index (Phi) is 3.90. The normalized spacial score (nSPS) is 31.0. The van der Waals surface area contributed by atoms with Crippen molar-refractivity contribution in [3.63, 3.8) is 0 Å². The van der Waals surface area contributed by atoms with Gasteiger partial charge >= 0.3 is 0 Å². The number of hydrogen-bond acceptors (Lipinski definition) is 2. The van der Waals surface area contributed by atoms with Crippen LogP contribution in [0.3, 0.4) is 0 Å². The Hall–Kier alpha value is -0.903. The van der Waals surface area contributed by atoms with Crippen molar-refractivity contribution in [1.29, 1.82) is 0 Å². The largest absolute Gasteiger partial charge is 0.407 e. The third-order valence-electron chi connectivity index (χ3n) is 6.33. The van der Waals surface area contributed by atoms with E-state index in [1.807, 2.05) is 6.07 Å². The maximum absolute atomic E-state index is 10.8. The summed E-state index contributed by atoms with van der Waals surface area (Å²) in [5, 5.41) is 11.0. The van der Waals surface area contributed by atoms with E-state index >= 15 is 0 Å². The quantitative estimate of drug-likeness (QED) is 0.588. The first-order chi connectivity index (χ1) is 10.6. The van der Waals surface area contributed by atoms with Crippen LogP contribution in [0, 0.1) is 5.92 Å². The van der Waals surface area contributed by atoms with Crippen LogP contribution in [-0.2, 0) is 10.0 Å². The first-order valence-corrected chi connectivity index (χ1v) is 11.6. The fourth-order valence-electron chi connectivity index (χ4n) is 3.90. The minimum absolute atomic E-state index is 0.128. The maximum Gasteiger partial charge on any atom is 0.193 e. The van der Waals surface area contributed by atoms with Crippen LogP contribution in [-0.4, -0.2) is 13.4 Å². The summed E-state index contributed by atoms with van der Waals surface area (Å²) in [5.74, 6) is 0.128. The van der Waals surface area contributed by atoms with Crippen molar-refractivity contribution in [2.24, 2.45) is 5.92 Å². The molecule has 1 saturated carbocycles. The molecule has 3 atom stereocenters. The van der Waals surface area contributed by atoms with Crippen LogP contribution in [0.2, 0.25) is 18.1 Å². The third kappa shape index (κ3) is 2.63. The third-order valence-corrected chi connectivity index (χ3v) is 10.8. The van der Waals surface area contributed by atoms with E-state index in [2.05, 4.69) is 58.6 Å². The molecule has 0 saturated heterocycles. The van der Waals surface area contributed by atoms with Gasteiger partial charge in [0.1, 0.15) is 0 Å². The van der Waals surface area contributed by atoms with Gasteiger partial charge in [0.25, 0.3) is 0 Å². The van der Waals surface area contributed by atoms with E-state index in [4.69, 9.17) is 4.43 Å². The number of aliphatic hydroxyl groups excluding tert-OH is 1. The standard InChI is InChI=1S/C20H30O2Si/c1-14-11-12-20(22-23(5,6)19(2,3)4)13-16(14)18(21)15-9-7-8-10-17(15)20/h7-10,16,18,21H,1,11-13H2,2-6H3/t16-,18-,20+/m1/s1. The summed E-state index contributed by atoms with van der Waals surface area (Å²) in [4.78, 5) is 0. The average molecular weight is 331 g/mol. The van der Waals surface area contributed by atoms with Gasteiger partial charge in [-0.2, -0.15) is 0 Å². The van der Waals surface area contributed by atoms with Gasteiger partial charge in [-0.05, 0) is 48.5 Å². The van der Waals surface area contributed by atoms with Crippen molar-refractivity contribution in [2.45, 2.75) is 69.9 Å². The molecule has 3 heteroatoms. The summed E-state index contributed by atoms with van der Waals surface area (Å²) in [6.07, 6.45) is 2.37. The molecule has 0 heterocycles. The Morgan fingerprint density at radius 1 is 1.26 bits per heavy atom. The van der Waals surface area contributed by atoms with Crippen LogP contribution in [0.1, 0.15) is 57.3 Å². The zero-order valence-corrected chi connectivity index (χ0v) is 16.1. The minimum Gasteiger partial charge on any atom is -0.407 e. The zero-order chi connectivity index (χ0) is 17.0. The van der Waals surface area contributed by atoms with Crippen molar-refractivity contribution in [1.82, 2.24) is 0 Å². The van der Waals surface area contributed by atoms with E-state index in [0.29, 0.717) is 0 Å². The Morgan fingerprint density at radius 2 is 1.91 bits per heavy atom. The summed E-state index contributed by atoms with van der Waals surface area (Å²) in [7, 11) is -1.91. The van der Waals surface area contributed by atoms with E-state index in [-0.39, 0.29) is 16.6 Å². The lowest BCUT2D eigenvalue weighted by Crippen LogP contribution is -2.52. The van der Waals surface area contributed by atoms with E-state index in [9.17, 15) is 5.11 Å². The Morgan fingerprint density at radius 3 is 2.57 bits per heavy atom. The second-order valence-electron chi connectivity index (χ2n) is 8.86. The summed E-state index contributed by atoms with van der Waals surface area (Å²) >= 11 is 0. The first-order valence-electron chi connectivity index (χ1n) is 8.73. The first kappa shape index (κ1) is 16.9. The van der Waals surface area contributed by atoms with Crippen molar-refractivity contribution in [3.8, 4) is 0 Å². The Labute approximate surface area is 141 Å². The number of fused-ring (bicyclic) bond motifs is 4. The molecule has 2 aliphatic rings. The maximum atomic E-state index is 10.8. The van der Waals surface area contributed by atoms with Gasteiger partial charge in [-0.1, -0.05) is 57.2 Å². The molecule has 0 amide bonds. The molecule has 2 bridgehead atoms. The number of hydrogen-bond donors (Lipinski definition) is 1. The van der Waals surface area contributed by atoms with Crippen LogP contribution in [0.15, 0.2) is 36.4 Å². The Balaban J connectivity index is 2.10. The molecule has 23 heavy (non-hydrogen) atoms. The fraction of sp³-hybridized carbons (Fsp3) is 0.600. The monoisotopic (exact) mass is 330 g/mol. The lowest BCUT2D eigenvalue weighted by atomic mass is 9.63. The second-order valence-corrected chi connectivity index (χ2v) is 13.6. The smallest absolute Gasteiger partial charge is 0.193 e. The molecule has 1 aromatic carbocycles. The molecular weight excluding hydrogens is 300 g/mol. The van der Waals surface area contributed by atoms with Gasteiger partial charge in [-0.25, -0.2) is 0 Å². The van der Waals surface area contributed by atoms with Crippen LogP contribution < -0.4 is 0 Å². The molecule has 0 unspecified atom stereocenters. The Bertz CT molecular complexity index is 629. The SMILES string of the molecule is C=C1CC[C@]2(O[Si](C)(C)C(C)(C)C)C[C@H]1[C@H](O)c1ccccc12. The number of benzene rings is 1. The molecule has 126 valence electrons. The van der Waals surface area contributed by atoms with Gasteiger partial charge in [0.05, 0.1) is 11.7 Å². The summed E-state index contributed by atoms with van der Waals surface area (Å²) in [6.45, 7) is 15.8. The van der Waals surface area contributed by atoms with E-state index < -0.39 is 14.4 Å². The highest BCUT2D eigenvalue weighted by Crippen LogP contribution is 2.57. The van der Waals surface area contributed by atoms with Crippen molar-refractivity contribution < 1.29 is 9.53 Å². The predicted octanol–water partition coefficient (Wildman–Crippen LogP) is 5.31. The summed E-state index contributed by atoms with van der Waals surface area (Å²) < 4.78 is 7.01. The van der Waals surface area contributed by atoms with Crippen molar-refractivity contribution in [2.75, 3.05) is 0 Å². The highest BCUT2D eigenvalue weighted by atomic mass is 28.4. The topological polar surface area (TPSA) is 29.5 Å². The molecule has 2 aliphatic carbocycles. The second kappa shape index (κ2) is 5.30. The van der Waals surface area contributed by atoms with E-state index in [1.165, 1.54) is 11.1 Å². The lowest BCUT2D eigenvalue weighted by Gasteiger charge is -2.53. The molecular formula is C20H30O2Si. The van der Waals surface area contributed by atoms with Crippen molar-refractivity contribution in [3.05, 3.63) is 47.5 Å². The molecule has 0 aliphatic heterocycles. The molecule has 1 fully saturated rings. The average Bonchev–Trinajstić information content (AvgIpc) is 2.47. The van der Waals surface area contributed by atoms with Gasteiger partial charge in [0.2, 0.25) is 0 Å². The number of aliphatic hydroxyl groups is 1. The fourth-order valence-corrected chi connectivity index (χ4v) is 5.48. The van der Waals surface area contributed by atoms with Crippen LogP contribution in [0.4, 0.5) is 0 Å². The summed E-state index contributed by atoms with van der Waals surface area (Å²) in [6, 6.07) is 8.32. The lowest BCUT2D eigenvalue weighted by molar-refractivity contribution is -0.0402. The van der Waals surface area contributed by atoms with E-state index in [0.717, 1.165) is 24.8 Å². The molecule has 1 aromatic rings. The van der Waals surface area contributed by atoms with Gasteiger partial charge in [0.15, 0.2) is 8.32 Å². The molecule has 2 nitrogen and oxygen atoms in total. The van der Waals surface area contributed by atoms with Crippen LogP contribution in [0.25, 0.3) is 0 Å². The molecule has 1 N–H and O–H groups in total.